The zero-order chi connectivity index (χ0) is 17.0. The molecule has 0 fully saturated rings. The summed E-state index contributed by atoms with van der Waals surface area (Å²) in [6, 6.07) is 9.94. The first-order valence-corrected chi connectivity index (χ1v) is 8.01. The molecule has 0 bridgehead atoms. The molecule has 0 amide bonds. The van der Waals surface area contributed by atoms with E-state index in [4.69, 9.17) is 10.5 Å². The molecule has 0 radical (unpaired) electrons. The molecule has 0 saturated heterocycles. The Labute approximate surface area is 139 Å². The van der Waals surface area contributed by atoms with Crippen LogP contribution in [0.4, 0.5) is 5.82 Å². The van der Waals surface area contributed by atoms with Crippen molar-refractivity contribution >= 4 is 5.82 Å². The molecule has 0 aliphatic rings. The smallest absolute Gasteiger partial charge is 0.128 e. The lowest BCUT2D eigenvalue weighted by Gasteiger charge is -2.22. The van der Waals surface area contributed by atoms with Gasteiger partial charge < -0.3 is 15.8 Å². The minimum absolute atomic E-state index is 0.0757. The number of nitrogens with two attached hydrogens (primary N) is 1. The van der Waals surface area contributed by atoms with Crippen molar-refractivity contribution in [3.63, 3.8) is 0 Å². The van der Waals surface area contributed by atoms with Crippen molar-refractivity contribution in [2.45, 2.75) is 46.2 Å². The van der Waals surface area contributed by atoms with Crippen LogP contribution in [0.2, 0.25) is 0 Å². The number of methoxy groups -OCH3 is 1. The highest BCUT2D eigenvalue weighted by molar-refractivity contribution is 5.70. The van der Waals surface area contributed by atoms with E-state index < -0.39 is 0 Å². The van der Waals surface area contributed by atoms with Crippen molar-refractivity contribution in [1.82, 2.24) is 10.3 Å². The van der Waals surface area contributed by atoms with E-state index in [1.165, 1.54) is 11.1 Å². The number of nitrogens with zero attached hydrogens (tertiary/aromatic N) is 1. The van der Waals surface area contributed by atoms with Crippen molar-refractivity contribution in [1.29, 1.82) is 0 Å². The lowest BCUT2D eigenvalue weighted by molar-refractivity contribution is 0.410. The summed E-state index contributed by atoms with van der Waals surface area (Å²) in [6.07, 6.45) is 0.959. The predicted molar refractivity (Wildman–Crippen MR) is 96.6 cm³/mol. The largest absolute Gasteiger partial charge is 0.496 e. The first-order chi connectivity index (χ1) is 10.8. The quantitative estimate of drug-likeness (QED) is 0.881. The fourth-order valence-electron chi connectivity index (χ4n) is 2.49. The summed E-state index contributed by atoms with van der Waals surface area (Å²) in [4.78, 5) is 4.42. The van der Waals surface area contributed by atoms with Crippen LogP contribution in [0.5, 0.6) is 5.75 Å². The first-order valence-electron chi connectivity index (χ1n) is 8.01. The van der Waals surface area contributed by atoms with Crippen LogP contribution < -0.4 is 15.8 Å². The molecule has 3 N–H and O–H groups in total. The van der Waals surface area contributed by atoms with Crippen LogP contribution in [-0.4, -0.2) is 17.6 Å². The molecule has 1 aromatic heterocycles. The Morgan fingerprint density at radius 3 is 2.48 bits per heavy atom. The van der Waals surface area contributed by atoms with E-state index in [-0.39, 0.29) is 5.54 Å². The fraction of sp³-hybridized carbons (Fsp3) is 0.421. The average Bonchev–Trinajstić information content (AvgIpc) is 2.51. The maximum Gasteiger partial charge on any atom is 0.128 e. The molecule has 4 nitrogen and oxygen atoms in total. The van der Waals surface area contributed by atoms with Gasteiger partial charge in [-0.15, -0.1) is 0 Å². The Hall–Kier alpha value is -2.07. The highest BCUT2D eigenvalue weighted by atomic mass is 16.5. The maximum absolute atomic E-state index is 5.82. The van der Waals surface area contributed by atoms with E-state index in [9.17, 15) is 0 Å². The SMILES string of the molecule is CCc1cc(-c2cccc(N)n2)c(OC)cc1CNC(C)(C)C. The third kappa shape index (κ3) is 4.45. The molecule has 1 aromatic carbocycles. The van der Waals surface area contributed by atoms with E-state index in [1.807, 2.05) is 12.1 Å². The van der Waals surface area contributed by atoms with Crippen LogP contribution in [-0.2, 0) is 13.0 Å². The fourth-order valence-corrected chi connectivity index (χ4v) is 2.49. The zero-order valence-corrected chi connectivity index (χ0v) is 14.7. The summed E-state index contributed by atoms with van der Waals surface area (Å²) in [5, 5.41) is 3.54. The third-order valence-corrected chi connectivity index (χ3v) is 3.76. The van der Waals surface area contributed by atoms with Crippen LogP contribution in [0.3, 0.4) is 0 Å². The number of aromatic nitrogens is 1. The van der Waals surface area contributed by atoms with Crippen molar-refractivity contribution in [3.8, 4) is 17.0 Å². The molecule has 0 aliphatic heterocycles. The minimum atomic E-state index is 0.0757. The van der Waals surface area contributed by atoms with Crippen molar-refractivity contribution in [3.05, 3.63) is 41.5 Å². The highest BCUT2D eigenvalue weighted by Gasteiger charge is 2.15. The second-order valence-corrected chi connectivity index (χ2v) is 6.73. The van der Waals surface area contributed by atoms with E-state index in [2.05, 4.69) is 50.1 Å². The molecule has 0 atom stereocenters. The monoisotopic (exact) mass is 313 g/mol. The number of rotatable bonds is 5. The molecule has 0 unspecified atom stereocenters. The van der Waals surface area contributed by atoms with Gasteiger partial charge in [0.15, 0.2) is 0 Å². The molecule has 2 rings (SSSR count). The average molecular weight is 313 g/mol. The zero-order valence-electron chi connectivity index (χ0n) is 14.7. The van der Waals surface area contributed by atoms with Gasteiger partial charge in [-0.3, -0.25) is 0 Å². The summed E-state index contributed by atoms with van der Waals surface area (Å²) in [5.74, 6) is 1.34. The number of benzene rings is 1. The summed E-state index contributed by atoms with van der Waals surface area (Å²) in [7, 11) is 1.69. The van der Waals surface area contributed by atoms with Crippen LogP contribution in [0, 0.1) is 0 Å². The second kappa shape index (κ2) is 7.01. The number of hydrogen-bond acceptors (Lipinski definition) is 4. The van der Waals surface area contributed by atoms with E-state index >= 15 is 0 Å². The van der Waals surface area contributed by atoms with Gasteiger partial charge in [-0.25, -0.2) is 4.98 Å². The molecule has 1 heterocycles. The van der Waals surface area contributed by atoms with Crippen LogP contribution in [0.1, 0.15) is 38.8 Å². The van der Waals surface area contributed by atoms with Gasteiger partial charge in [-0.2, -0.15) is 0 Å². The molecular formula is C19H27N3O. The van der Waals surface area contributed by atoms with Gasteiger partial charge >= 0.3 is 0 Å². The minimum Gasteiger partial charge on any atom is -0.496 e. The van der Waals surface area contributed by atoms with Gasteiger partial charge in [-0.05, 0) is 62.6 Å². The van der Waals surface area contributed by atoms with Crippen molar-refractivity contribution in [2.75, 3.05) is 12.8 Å². The molecular weight excluding hydrogens is 286 g/mol. The van der Waals surface area contributed by atoms with E-state index in [0.29, 0.717) is 5.82 Å². The van der Waals surface area contributed by atoms with Gasteiger partial charge in [0.2, 0.25) is 0 Å². The predicted octanol–water partition coefficient (Wildman–Crippen LogP) is 3.79. The molecule has 0 aliphatic carbocycles. The Kier molecular flexibility index (Phi) is 5.26. The van der Waals surface area contributed by atoms with Crippen LogP contribution in [0.25, 0.3) is 11.3 Å². The normalized spacial score (nSPS) is 11.5. The summed E-state index contributed by atoms with van der Waals surface area (Å²) in [5.41, 5.74) is 10.3. The lowest BCUT2D eigenvalue weighted by atomic mass is 9.97. The van der Waals surface area contributed by atoms with Gasteiger partial charge in [0.1, 0.15) is 11.6 Å². The summed E-state index contributed by atoms with van der Waals surface area (Å²) < 4.78 is 5.60. The Morgan fingerprint density at radius 1 is 1.17 bits per heavy atom. The molecule has 4 heteroatoms. The number of pyridine rings is 1. The first kappa shape index (κ1) is 17.3. The molecule has 0 saturated carbocycles. The third-order valence-electron chi connectivity index (χ3n) is 3.76. The standard InChI is InChI=1S/C19H27N3O/c1-6-13-10-15(16-8-7-9-18(20)22-16)17(23-5)11-14(13)12-21-19(2,3)4/h7-11,21H,6,12H2,1-5H3,(H2,20,22). The summed E-state index contributed by atoms with van der Waals surface area (Å²) in [6.45, 7) is 9.48. The Bertz CT molecular complexity index is 675. The summed E-state index contributed by atoms with van der Waals surface area (Å²) >= 11 is 0. The van der Waals surface area contributed by atoms with E-state index in [1.54, 1.807) is 13.2 Å². The Morgan fingerprint density at radius 2 is 1.91 bits per heavy atom. The number of anilines is 1. The molecule has 124 valence electrons. The van der Waals surface area contributed by atoms with Gasteiger partial charge in [-0.1, -0.05) is 13.0 Å². The second-order valence-electron chi connectivity index (χ2n) is 6.73. The van der Waals surface area contributed by atoms with E-state index in [0.717, 1.165) is 30.0 Å². The van der Waals surface area contributed by atoms with Crippen LogP contribution >= 0.6 is 0 Å². The molecule has 2 aromatic rings. The lowest BCUT2D eigenvalue weighted by Crippen LogP contribution is -2.35. The number of ether oxygens (including phenoxy) is 1. The Balaban J connectivity index is 2.45. The highest BCUT2D eigenvalue weighted by Crippen LogP contribution is 2.32. The number of hydrogen-bond donors (Lipinski definition) is 2. The van der Waals surface area contributed by atoms with Crippen molar-refractivity contribution < 1.29 is 4.74 Å². The maximum atomic E-state index is 5.82. The van der Waals surface area contributed by atoms with Gasteiger partial charge in [0, 0.05) is 17.6 Å². The van der Waals surface area contributed by atoms with Gasteiger partial charge in [0.25, 0.3) is 0 Å². The van der Waals surface area contributed by atoms with Gasteiger partial charge in [0.05, 0.1) is 12.8 Å². The van der Waals surface area contributed by atoms with Crippen LogP contribution in [0.15, 0.2) is 30.3 Å². The number of aryl methyl sites for hydroxylation is 1. The number of nitrogen functional groups attached to an aromatic ring is 1. The number of nitrogens with one attached hydrogen (secondary N) is 1. The molecule has 23 heavy (non-hydrogen) atoms. The van der Waals surface area contributed by atoms with Crippen molar-refractivity contribution in [2.24, 2.45) is 0 Å². The topological polar surface area (TPSA) is 60.2 Å². The molecule has 0 spiro atoms.